The fourth-order valence-corrected chi connectivity index (χ4v) is 2.89. The van der Waals surface area contributed by atoms with E-state index in [-0.39, 0.29) is 12.1 Å². The first-order chi connectivity index (χ1) is 9.68. The van der Waals surface area contributed by atoms with Crippen molar-refractivity contribution in [1.29, 1.82) is 0 Å². The Labute approximate surface area is 125 Å². The number of halogens is 1. The van der Waals surface area contributed by atoms with Crippen LogP contribution < -0.4 is 10.6 Å². The van der Waals surface area contributed by atoms with Crippen molar-refractivity contribution in [3.8, 4) is 0 Å². The molecule has 1 spiro atoms. The highest BCUT2D eigenvalue weighted by Gasteiger charge is 2.54. The van der Waals surface area contributed by atoms with Crippen molar-refractivity contribution in [2.24, 2.45) is 5.41 Å². The van der Waals surface area contributed by atoms with Crippen LogP contribution in [0, 0.1) is 5.41 Å². The first-order valence-corrected chi connectivity index (χ1v) is 7.56. The van der Waals surface area contributed by atoms with Crippen LogP contribution in [0.3, 0.4) is 0 Å². The van der Waals surface area contributed by atoms with Crippen molar-refractivity contribution in [3.05, 3.63) is 22.7 Å². The molecule has 0 radical (unpaired) electrons. The maximum Gasteiger partial charge on any atom is 0.315 e. The lowest BCUT2D eigenvalue weighted by molar-refractivity contribution is 0.0547. The number of hydrogen-bond acceptors (Lipinski definition) is 4. The zero-order valence-corrected chi connectivity index (χ0v) is 12.6. The zero-order chi connectivity index (χ0) is 14.0. The standard InChI is InChI=1S/C13H17BrN4O2/c14-9-6-15-11(16-7-9)8-17-12(19)18-10-5-13(10)1-3-20-4-2-13/h6-7,10H,1-5,8H2,(H2,17,18,19). The van der Waals surface area contributed by atoms with Gasteiger partial charge in [0.05, 0.1) is 11.0 Å². The van der Waals surface area contributed by atoms with E-state index in [9.17, 15) is 4.79 Å². The number of aromatic nitrogens is 2. The SMILES string of the molecule is O=C(NCc1ncc(Br)cn1)NC1CC12CCOCC2. The van der Waals surface area contributed by atoms with Gasteiger partial charge in [-0.3, -0.25) is 0 Å². The van der Waals surface area contributed by atoms with Crippen LogP contribution in [-0.4, -0.2) is 35.3 Å². The summed E-state index contributed by atoms with van der Waals surface area (Å²) in [6.45, 7) is 1.96. The fourth-order valence-electron chi connectivity index (χ4n) is 2.68. The molecule has 0 bridgehead atoms. The number of carbonyl (C=O) groups excluding carboxylic acids is 1. The molecule has 2 fully saturated rings. The second-order valence-electron chi connectivity index (χ2n) is 5.38. The summed E-state index contributed by atoms with van der Waals surface area (Å²) in [6.07, 6.45) is 6.50. The smallest absolute Gasteiger partial charge is 0.315 e. The molecule has 1 unspecified atom stereocenters. The van der Waals surface area contributed by atoms with Gasteiger partial charge in [0.2, 0.25) is 0 Å². The van der Waals surface area contributed by atoms with Gasteiger partial charge in [-0.2, -0.15) is 0 Å². The summed E-state index contributed by atoms with van der Waals surface area (Å²) >= 11 is 3.27. The Morgan fingerprint density at radius 3 is 2.80 bits per heavy atom. The highest BCUT2D eigenvalue weighted by molar-refractivity contribution is 9.10. The summed E-state index contributed by atoms with van der Waals surface area (Å²) in [5, 5.41) is 5.82. The average Bonchev–Trinajstić information content (AvgIpc) is 3.10. The normalized spacial score (nSPS) is 23.4. The monoisotopic (exact) mass is 340 g/mol. The summed E-state index contributed by atoms with van der Waals surface area (Å²) in [5.74, 6) is 0.597. The molecule has 1 atom stereocenters. The fraction of sp³-hybridized carbons (Fsp3) is 0.615. The van der Waals surface area contributed by atoms with E-state index < -0.39 is 0 Å². The predicted octanol–water partition coefficient (Wildman–Crippen LogP) is 1.61. The molecule has 6 nitrogen and oxygen atoms in total. The summed E-state index contributed by atoms with van der Waals surface area (Å²) in [7, 11) is 0. The molecule has 2 heterocycles. The molecule has 2 aliphatic rings. The van der Waals surface area contributed by atoms with Gasteiger partial charge in [-0.1, -0.05) is 0 Å². The van der Waals surface area contributed by atoms with Crippen LogP contribution in [0.25, 0.3) is 0 Å². The molecule has 1 saturated heterocycles. The molecule has 1 aromatic heterocycles. The van der Waals surface area contributed by atoms with Gasteiger partial charge < -0.3 is 15.4 Å². The van der Waals surface area contributed by atoms with E-state index in [0.29, 0.717) is 17.8 Å². The van der Waals surface area contributed by atoms with Crippen molar-refractivity contribution < 1.29 is 9.53 Å². The van der Waals surface area contributed by atoms with E-state index in [2.05, 4.69) is 36.5 Å². The molecule has 108 valence electrons. The average molecular weight is 341 g/mol. The second-order valence-corrected chi connectivity index (χ2v) is 6.29. The molecule has 1 aliphatic heterocycles. The third kappa shape index (κ3) is 3.09. The minimum atomic E-state index is -0.148. The second kappa shape index (κ2) is 5.65. The van der Waals surface area contributed by atoms with E-state index in [1.165, 1.54) is 0 Å². The zero-order valence-electron chi connectivity index (χ0n) is 11.1. The summed E-state index contributed by atoms with van der Waals surface area (Å²) in [6, 6.07) is 0.141. The molecule has 1 saturated carbocycles. The Hall–Kier alpha value is -1.21. The van der Waals surface area contributed by atoms with E-state index >= 15 is 0 Å². The Balaban J connectivity index is 1.43. The maximum absolute atomic E-state index is 11.8. The van der Waals surface area contributed by atoms with E-state index in [1.54, 1.807) is 12.4 Å². The first-order valence-electron chi connectivity index (χ1n) is 6.76. The van der Waals surface area contributed by atoms with Crippen LogP contribution in [0.5, 0.6) is 0 Å². The molecule has 1 aliphatic carbocycles. The van der Waals surface area contributed by atoms with Gasteiger partial charge in [0.15, 0.2) is 0 Å². The topological polar surface area (TPSA) is 76.1 Å². The molecule has 7 heteroatoms. The molecular weight excluding hydrogens is 324 g/mol. The molecule has 2 N–H and O–H groups in total. The highest BCUT2D eigenvalue weighted by atomic mass is 79.9. The van der Waals surface area contributed by atoms with Gasteiger partial charge in [-0.15, -0.1) is 0 Å². The van der Waals surface area contributed by atoms with Crippen LogP contribution in [0.1, 0.15) is 25.1 Å². The van der Waals surface area contributed by atoms with E-state index in [0.717, 1.165) is 36.9 Å². The van der Waals surface area contributed by atoms with Gasteiger partial charge >= 0.3 is 6.03 Å². The summed E-state index contributed by atoms with van der Waals surface area (Å²) in [4.78, 5) is 20.1. The quantitative estimate of drug-likeness (QED) is 0.876. The minimum Gasteiger partial charge on any atom is -0.381 e. The number of rotatable bonds is 3. The molecule has 1 aromatic rings. The summed E-state index contributed by atoms with van der Waals surface area (Å²) < 4.78 is 6.19. The Bertz CT molecular complexity index is 488. The van der Waals surface area contributed by atoms with Crippen molar-refractivity contribution in [1.82, 2.24) is 20.6 Å². The summed E-state index contributed by atoms with van der Waals surface area (Å²) in [5.41, 5.74) is 0.295. The van der Waals surface area contributed by atoms with Gasteiger partial charge in [-0.05, 0) is 40.6 Å². The van der Waals surface area contributed by atoms with Gasteiger partial charge in [-0.25, -0.2) is 14.8 Å². The van der Waals surface area contributed by atoms with Crippen molar-refractivity contribution in [3.63, 3.8) is 0 Å². The molecule has 20 heavy (non-hydrogen) atoms. The van der Waals surface area contributed by atoms with Gasteiger partial charge in [0.25, 0.3) is 0 Å². The van der Waals surface area contributed by atoms with Crippen LogP contribution >= 0.6 is 15.9 Å². The number of amides is 2. The van der Waals surface area contributed by atoms with Gasteiger partial charge in [0, 0.05) is 31.6 Å². The third-order valence-corrected chi connectivity index (χ3v) is 4.47. The molecule has 2 amide bonds. The first kappa shape index (κ1) is 13.8. The van der Waals surface area contributed by atoms with Crippen LogP contribution in [0.15, 0.2) is 16.9 Å². The molecule has 3 rings (SSSR count). The number of ether oxygens (including phenoxy) is 1. The van der Waals surface area contributed by atoms with Crippen LogP contribution in [-0.2, 0) is 11.3 Å². The number of nitrogens with zero attached hydrogens (tertiary/aromatic N) is 2. The molecule has 0 aromatic carbocycles. The Morgan fingerprint density at radius 1 is 1.40 bits per heavy atom. The third-order valence-electron chi connectivity index (χ3n) is 4.06. The number of nitrogens with one attached hydrogen (secondary N) is 2. The number of urea groups is 1. The highest BCUT2D eigenvalue weighted by Crippen LogP contribution is 2.53. The van der Waals surface area contributed by atoms with Crippen LogP contribution in [0.2, 0.25) is 0 Å². The minimum absolute atomic E-state index is 0.148. The van der Waals surface area contributed by atoms with Crippen LogP contribution in [0.4, 0.5) is 4.79 Å². The lowest BCUT2D eigenvalue weighted by Crippen LogP contribution is -2.39. The van der Waals surface area contributed by atoms with Crippen molar-refractivity contribution in [2.75, 3.05) is 13.2 Å². The van der Waals surface area contributed by atoms with Crippen molar-refractivity contribution in [2.45, 2.75) is 31.8 Å². The van der Waals surface area contributed by atoms with Gasteiger partial charge in [0.1, 0.15) is 5.82 Å². The number of hydrogen-bond donors (Lipinski definition) is 2. The Morgan fingerprint density at radius 2 is 2.10 bits per heavy atom. The number of carbonyl (C=O) groups is 1. The van der Waals surface area contributed by atoms with Crippen molar-refractivity contribution >= 4 is 22.0 Å². The Kier molecular flexibility index (Phi) is 3.89. The van der Waals surface area contributed by atoms with E-state index in [4.69, 9.17) is 4.74 Å². The lowest BCUT2D eigenvalue weighted by atomic mass is 9.96. The maximum atomic E-state index is 11.8. The lowest BCUT2D eigenvalue weighted by Gasteiger charge is -2.22. The van der Waals surface area contributed by atoms with E-state index in [1.807, 2.05) is 0 Å². The predicted molar refractivity (Wildman–Crippen MR) is 76.0 cm³/mol. The largest absolute Gasteiger partial charge is 0.381 e. The molecular formula is C13H17BrN4O2.